The topological polar surface area (TPSA) is 0 Å². The summed E-state index contributed by atoms with van der Waals surface area (Å²) < 4.78 is 0. The van der Waals surface area contributed by atoms with Crippen LogP contribution in [0.25, 0.3) is 0 Å². The lowest BCUT2D eigenvalue weighted by molar-refractivity contribution is 0.452. The Morgan fingerprint density at radius 1 is 1.00 bits per heavy atom. The molecule has 0 radical (unpaired) electrons. The van der Waals surface area contributed by atoms with Crippen LogP contribution in [0.1, 0.15) is 20.8 Å². The van der Waals surface area contributed by atoms with Crippen LogP contribution in [-0.4, -0.2) is 8.07 Å². The van der Waals surface area contributed by atoms with Crippen LogP contribution in [0.15, 0.2) is 0 Å². The van der Waals surface area contributed by atoms with Crippen molar-refractivity contribution in [1.82, 2.24) is 0 Å². The van der Waals surface area contributed by atoms with Crippen LogP contribution < -0.4 is 0 Å². The predicted octanol–water partition coefficient (Wildman–Crippen LogP) is 3.62. The number of hydrogen-bond donors (Lipinski definition) is 0. The molecule has 0 N–H and O–H groups in total. The van der Waals surface area contributed by atoms with E-state index in [4.69, 9.17) is 0 Å². The molecule has 0 aromatic carbocycles. The zero-order valence-electron chi connectivity index (χ0n) is 8.36. The summed E-state index contributed by atoms with van der Waals surface area (Å²) >= 11 is 0. The Labute approximate surface area is 67.0 Å². The molecule has 1 unspecified atom stereocenters. The first-order chi connectivity index (χ1) is 4.33. The summed E-state index contributed by atoms with van der Waals surface area (Å²) in [5, 5.41) is 0. The van der Waals surface area contributed by atoms with E-state index in [-0.39, 0.29) is 0 Å². The van der Waals surface area contributed by atoms with Crippen LogP contribution in [0.4, 0.5) is 0 Å². The summed E-state index contributed by atoms with van der Waals surface area (Å²) in [6.45, 7) is 14.4. The van der Waals surface area contributed by atoms with Crippen molar-refractivity contribution in [2.75, 3.05) is 0 Å². The second-order valence-electron chi connectivity index (χ2n) is 4.99. The molecule has 0 spiro atoms. The molecule has 62 valence electrons. The van der Waals surface area contributed by atoms with E-state index in [0.29, 0.717) is 0 Å². The smallest absolute Gasteiger partial charge is 0.0445 e. The minimum atomic E-state index is -0.783. The third-order valence-corrected chi connectivity index (χ3v) is 3.94. The van der Waals surface area contributed by atoms with E-state index in [0.717, 1.165) is 11.8 Å². The number of rotatable bonds is 3. The van der Waals surface area contributed by atoms with E-state index < -0.39 is 8.07 Å². The summed E-state index contributed by atoms with van der Waals surface area (Å²) in [6.07, 6.45) is 0. The Morgan fingerprint density at radius 2 is 1.40 bits per heavy atom. The van der Waals surface area contributed by atoms with E-state index in [9.17, 15) is 0 Å². The van der Waals surface area contributed by atoms with Gasteiger partial charge in [-0.25, -0.2) is 0 Å². The van der Waals surface area contributed by atoms with Gasteiger partial charge in [-0.1, -0.05) is 46.5 Å². The van der Waals surface area contributed by atoms with Crippen LogP contribution in [0.2, 0.25) is 25.7 Å². The zero-order valence-corrected chi connectivity index (χ0v) is 9.36. The van der Waals surface area contributed by atoms with Gasteiger partial charge in [-0.2, -0.15) is 0 Å². The third kappa shape index (κ3) is 5.04. The summed E-state index contributed by atoms with van der Waals surface area (Å²) in [7, 11) is -0.783. The lowest BCUT2D eigenvalue weighted by atomic mass is 10.0. The molecular weight excluding hydrogens is 136 g/mol. The lowest BCUT2D eigenvalue weighted by Crippen LogP contribution is -2.24. The van der Waals surface area contributed by atoms with Gasteiger partial charge in [-0.05, 0) is 11.8 Å². The Balaban J connectivity index is 3.68. The summed E-state index contributed by atoms with van der Waals surface area (Å²) in [5.74, 6) is 1.79. The maximum atomic E-state index is 2.45. The monoisotopic (exact) mass is 158 g/mol. The molecule has 0 saturated carbocycles. The highest BCUT2D eigenvalue weighted by atomic mass is 28.3. The molecular formula is C9H22Si. The highest BCUT2D eigenvalue weighted by molar-refractivity contribution is 6.76. The average Bonchev–Trinajstić information content (AvgIpc) is 1.60. The van der Waals surface area contributed by atoms with Gasteiger partial charge in [0.05, 0.1) is 0 Å². The van der Waals surface area contributed by atoms with Crippen molar-refractivity contribution in [3.8, 4) is 0 Å². The molecule has 0 aliphatic heterocycles. The maximum Gasteiger partial charge on any atom is 0.0445 e. The first-order valence-corrected chi connectivity index (χ1v) is 8.03. The van der Waals surface area contributed by atoms with E-state index >= 15 is 0 Å². The van der Waals surface area contributed by atoms with Gasteiger partial charge in [0.25, 0.3) is 0 Å². The highest BCUT2D eigenvalue weighted by Gasteiger charge is 2.18. The maximum absolute atomic E-state index is 2.45. The molecule has 0 aliphatic carbocycles. The van der Waals surface area contributed by atoms with Crippen LogP contribution in [0.5, 0.6) is 0 Å². The van der Waals surface area contributed by atoms with Gasteiger partial charge in [-0.15, -0.1) is 0 Å². The average molecular weight is 158 g/mol. The molecule has 0 amide bonds. The Kier molecular flexibility index (Phi) is 3.64. The van der Waals surface area contributed by atoms with E-state index in [1.165, 1.54) is 6.04 Å². The van der Waals surface area contributed by atoms with Crippen molar-refractivity contribution in [2.45, 2.75) is 46.5 Å². The van der Waals surface area contributed by atoms with Gasteiger partial charge in [0, 0.05) is 8.07 Å². The molecule has 0 rings (SSSR count). The van der Waals surface area contributed by atoms with Crippen LogP contribution >= 0.6 is 0 Å². The Morgan fingerprint density at radius 3 is 1.50 bits per heavy atom. The van der Waals surface area contributed by atoms with Gasteiger partial charge in [0.1, 0.15) is 0 Å². The lowest BCUT2D eigenvalue weighted by Gasteiger charge is -2.23. The predicted molar refractivity (Wildman–Crippen MR) is 52.2 cm³/mol. The van der Waals surface area contributed by atoms with Gasteiger partial charge in [-0.3, -0.25) is 0 Å². The molecule has 0 heterocycles. The van der Waals surface area contributed by atoms with E-state index in [2.05, 4.69) is 40.4 Å². The Bertz CT molecular complexity index is 89.4. The minimum absolute atomic E-state index is 0.783. The van der Waals surface area contributed by atoms with E-state index in [1.54, 1.807) is 0 Å². The van der Waals surface area contributed by atoms with Crippen molar-refractivity contribution < 1.29 is 0 Å². The molecule has 0 fully saturated rings. The van der Waals surface area contributed by atoms with Crippen LogP contribution in [-0.2, 0) is 0 Å². The minimum Gasteiger partial charge on any atom is -0.0695 e. The second-order valence-corrected chi connectivity index (χ2v) is 10.5. The number of hydrogen-bond acceptors (Lipinski definition) is 0. The highest BCUT2D eigenvalue weighted by Crippen LogP contribution is 2.22. The first kappa shape index (κ1) is 10.2. The zero-order chi connectivity index (χ0) is 8.36. The van der Waals surface area contributed by atoms with Crippen molar-refractivity contribution in [3.63, 3.8) is 0 Å². The SMILES string of the molecule is CC(C)C(C)C[Si](C)(C)C. The fourth-order valence-electron chi connectivity index (χ4n) is 1.20. The molecule has 0 aromatic heterocycles. The van der Waals surface area contributed by atoms with Crippen molar-refractivity contribution in [3.05, 3.63) is 0 Å². The summed E-state index contributed by atoms with van der Waals surface area (Å²) in [5.41, 5.74) is 0. The largest absolute Gasteiger partial charge is 0.0695 e. The molecule has 1 heteroatoms. The fraction of sp³-hybridized carbons (Fsp3) is 1.00. The molecule has 0 nitrogen and oxygen atoms in total. The molecule has 0 aliphatic rings. The summed E-state index contributed by atoms with van der Waals surface area (Å²) in [4.78, 5) is 0. The van der Waals surface area contributed by atoms with Gasteiger partial charge >= 0.3 is 0 Å². The van der Waals surface area contributed by atoms with Gasteiger partial charge in [0.2, 0.25) is 0 Å². The third-order valence-electron chi connectivity index (χ3n) is 2.07. The van der Waals surface area contributed by atoms with Crippen molar-refractivity contribution in [2.24, 2.45) is 11.8 Å². The quantitative estimate of drug-likeness (QED) is 0.550. The van der Waals surface area contributed by atoms with Gasteiger partial charge in [0.15, 0.2) is 0 Å². The second kappa shape index (κ2) is 3.56. The first-order valence-electron chi connectivity index (χ1n) is 4.33. The summed E-state index contributed by atoms with van der Waals surface area (Å²) in [6, 6.07) is 1.48. The Hall–Kier alpha value is 0.217. The molecule has 1 atom stereocenters. The van der Waals surface area contributed by atoms with Crippen molar-refractivity contribution >= 4 is 8.07 Å². The van der Waals surface area contributed by atoms with Gasteiger partial charge < -0.3 is 0 Å². The molecule has 10 heavy (non-hydrogen) atoms. The van der Waals surface area contributed by atoms with E-state index in [1.807, 2.05) is 0 Å². The molecule has 0 saturated heterocycles. The van der Waals surface area contributed by atoms with Crippen LogP contribution in [0, 0.1) is 11.8 Å². The molecule has 0 aromatic rings. The van der Waals surface area contributed by atoms with Crippen molar-refractivity contribution in [1.29, 1.82) is 0 Å². The standard InChI is InChI=1S/C9H22Si/c1-8(2)9(3)7-10(4,5)6/h8-9H,7H2,1-6H3. The normalized spacial score (nSPS) is 15.9. The van der Waals surface area contributed by atoms with Crippen LogP contribution in [0.3, 0.4) is 0 Å². The molecule has 0 bridgehead atoms. The fourth-order valence-corrected chi connectivity index (χ4v) is 3.60.